The molecule has 2 heterocycles. The van der Waals surface area contributed by atoms with Crippen LogP contribution < -0.4 is 4.74 Å². The SMILES string of the molecule is O=C(O)C1CCCN(C(c2cccc(OCc3ccccc3)c2)c2ccc(Br)s2)C1. The van der Waals surface area contributed by atoms with Crippen LogP contribution in [-0.2, 0) is 11.4 Å². The topological polar surface area (TPSA) is 49.8 Å². The van der Waals surface area contributed by atoms with E-state index in [0.29, 0.717) is 13.2 Å². The van der Waals surface area contributed by atoms with E-state index in [1.54, 1.807) is 11.3 Å². The van der Waals surface area contributed by atoms with Crippen molar-refractivity contribution in [3.05, 3.63) is 86.5 Å². The van der Waals surface area contributed by atoms with Gasteiger partial charge in [0.2, 0.25) is 0 Å². The smallest absolute Gasteiger partial charge is 0.307 e. The number of halogens is 1. The number of carboxylic acid groups (broad SMARTS) is 1. The quantitative estimate of drug-likeness (QED) is 0.447. The molecule has 0 amide bonds. The summed E-state index contributed by atoms with van der Waals surface area (Å²) >= 11 is 5.28. The van der Waals surface area contributed by atoms with E-state index in [1.807, 2.05) is 30.3 Å². The molecule has 1 aliphatic heterocycles. The minimum Gasteiger partial charge on any atom is -0.489 e. The fraction of sp³-hybridized carbons (Fsp3) is 0.292. The van der Waals surface area contributed by atoms with Gasteiger partial charge in [-0.15, -0.1) is 11.3 Å². The second-order valence-corrected chi connectivity index (χ2v) is 10.1. The van der Waals surface area contributed by atoms with Gasteiger partial charge in [-0.1, -0.05) is 42.5 Å². The normalized spacial score (nSPS) is 18.1. The number of piperidine rings is 1. The first-order valence-corrected chi connectivity index (χ1v) is 11.7. The van der Waals surface area contributed by atoms with Crippen LogP contribution in [0.3, 0.4) is 0 Å². The van der Waals surface area contributed by atoms with Gasteiger partial charge >= 0.3 is 5.97 Å². The second kappa shape index (κ2) is 9.77. The summed E-state index contributed by atoms with van der Waals surface area (Å²) in [5.41, 5.74) is 2.25. The molecule has 0 aliphatic carbocycles. The van der Waals surface area contributed by atoms with Crippen LogP contribution in [0.25, 0.3) is 0 Å². The van der Waals surface area contributed by atoms with E-state index >= 15 is 0 Å². The van der Waals surface area contributed by atoms with Crippen molar-refractivity contribution >= 4 is 33.2 Å². The fourth-order valence-electron chi connectivity index (χ4n) is 3.99. The summed E-state index contributed by atoms with van der Waals surface area (Å²) in [4.78, 5) is 15.1. The Morgan fingerprint density at radius 2 is 2.00 bits per heavy atom. The van der Waals surface area contributed by atoms with Gasteiger partial charge in [-0.25, -0.2) is 0 Å². The van der Waals surface area contributed by atoms with Crippen molar-refractivity contribution in [2.24, 2.45) is 5.92 Å². The number of hydrogen-bond acceptors (Lipinski definition) is 4. The van der Waals surface area contributed by atoms with Crippen molar-refractivity contribution in [3.8, 4) is 5.75 Å². The Balaban J connectivity index is 1.60. The Labute approximate surface area is 189 Å². The number of nitrogens with zero attached hydrogens (tertiary/aromatic N) is 1. The maximum atomic E-state index is 11.6. The van der Waals surface area contributed by atoms with Crippen LogP contribution in [0.1, 0.15) is 34.9 Å². The van der Waals surface area contributed by atoms with Gasteiger partial charge in [-0.2, -0.15) is 0 Å². The molecule has 4 nitrogen and oxygen atoms in total. The Bertz CT molecular complexity index is 991. The lowest BCUT2D eigenvalue weighted by Gasteiger charge is -2.37. The lowest BCUT2D eigenvalue weighted by Crippen LogP contribution is -2.41. The number of aliphatic carboxylic acids is 1. The molecular formula is C24H24BrNO3S. The van der Waals surface area contributed by atoms with Crippen molar-refractivity contribution < 1.29 is 14.6 Å². The molecule has 6 heteroatoms. The van der Waals surface area contributed by atoms with Gasteiger partial charge in [0.05, 0.1) is 15.7 Å². The number of ether oxygens (including phenoxy) is 1. The Hall–Kier alpha value is -2.15. The fourth-order valence-corrected chi connectivity index (χ4v) is 5.58. The number of likely N-dealkylation sites (tertiary alicyclic amines) is 1. The van der Waals surface area contributed by atoms with Gasteiger partial charge in [0.25, 0.3) is 0 Å². The van der Waals surface area contributed by atoms with Crippen LogP contribution >= 0.6 is 27.3 Å². The Morgan fingerprint density at radius 3 is 2.73 bits per heavy atom. The highest BCUT2D eigenvalue weighted by Gasteiger charge is 2.32. The molecule has 2 unspecified atom stereocenters. The molecule has 0 spiro atoms. The van der Waals surface area contributed by atoms with Crippen molar-refractivity contribution in [2.75, 3.05) is 13.1 Å². The van der Waals surface area contributed by atoms with Gasteiger partial charge in [-0.3, -0.25) is 9.69 Å². The van der Waals surface area contributed by atoms with Crippen molar-refractivity contribution in [1.29, 1.82) is 0 Å². The van der Waals surface area contributed by atoms with E-state index < -0.39 is 5.97 Å². The predicted octanol–water partition coefficient (Wildman–Crippen LogP) is 5.98. The van der Waals surface area contributed by atoms with E-state index in [9.17, 15) is 9.90 Å². The van der Waals surface area contributed by atoms with E-state index in [4.69, 9.17) is 4.74 Å². The minimum absolute atomic E-state index is 0.0173. The molecule has 30 heavy (non-hydrogen) atoms. The number of benzene rings is 2. The van der Waals surface area contributed by atoms with Crippen LogP contribution in [0.2, 0.25) is 0 Å². The molecule has 0 bridgehead atoms. The number of carboxylic acids is 1. The summed E-state index contributed by atoms with van der Waals surface area (Å²) in [6.07, 6.45) is 1.64. The van der Waals surface area contributed by atoms with Crippen molar-refractivity contribution in [2.45, 2.75) is 25.5 Å². The molecule has 1 aliphatic rings. The van der Waals surface area contributed by atoms with Crippen LogP contribution in [-0.4, -0.2) is 29.1 Å². The van der Waals surface area contributed by atoms with Crippen LogP contribution in [0, 0.1) is 5.92 Å². The van der Waals surface area contributed by atoms with E-state index in [-0.39, 0.29) is 12.0 Å². The third-order valence-corrected chi connectivity index (χ3v) is 7.13. The summed E-state index contributed by atoms with van der Waals surface area (Å²) < 4.78 is 7.13. The van der Waals surface area contributed by atoms with Gasteiger partial charge in [0.1, 0.15) is 12.4 Å². The molecule has 4 rings (SSSR count). The molecule has 1 N–H and O–H groups in total. The largest absolute Gasteiger partial charge is 0.489 e. The van der Waals surface area contributed by atoms with Gasteiger partial charge < -0.3 is 9.84 Å². The summed E-state index contributed by atoms with van der Waals surface area (Å²) in [7, 11) is 0. The molecule has 2 aromatic carbocycles. The van der Waals surface area contributed by atoms with Gasteiger partial charge in [0, 0.05) is 11.4 Å². The van der Waals surface area contributed by atoms with E-state index in [2.05, 4.69) is 57.2 Å². The van der Waals surface area contributed by atoms with Crippen molar-refractivity contribution in [1.82, 2.24) is 4.90 Å². The second-order valence-electron chi connectivity index (χ2n) is 7.56. The lowest BCUT2D eigenvalue weighted by atomic mass is 9.94. The first-order valence-electron chi connectivity index (χ1n) is 10.1. The summed E-state index contributed by atoms with van der Waals surface area (Å²) in [6, 6.07) is 22.5. The lowest BCUT2D eigenvalue weighted by molar-refractivity contribution is -0.143. The zero-order chi connectivity index (χ0) is 20.9. The maximum absolute atomic E-state index is 11.6. The third kappa shape index (κ3) is 5.12. The summed E-state index contributed by atoms with van der Waals surface area (Å²) in [5, 5.41) is 9.55. The first-order chi connectivity index (χ1) is 14.6. The summed E-state index contributed by atoms with van der Waals surface area (Å²) in [5.74, 6) is -0.198. The monoisotopic (exact) mass is 485 g/mol. The average molecular weight is 486 g/mol. The number of thiophene rings is 1. The molecule has 1 saturated heterocycles. The highest BCUT2D eigenvalue weighted by atomic mass is 79.9. The van der Waals surface area contributed by atoms with Crippen molar-refractivity contribution in [3.63, 3.8) is 0 Å². The molecule has 0 radical (unpaired) electrons. The van der Waals surface area contributed by atoms with E-state index in [1.165, 1.54) is 4.88 Å². The van der Waals surface area contributed by atoms with Gasteiger partial charge in [-0.05, 0) is 70.7 Å². The highest BCUT2D eigenvalue weighted by molar-refractivity contribution is 9.11. The van der Waals surface area contributed by atoms with Crippen LogP contribution in [0.4, 0.5) is 0 Å². The third-order valence-electron chi connectivity index (χ3n) is 5.45. The van der Waals surface area contributed by atoms with E-state index in [0.717, 1.165) is 40.0 Å². The number of hydrogen-bond donors (Lipinski definition) is 1. The molecular weight excluding hydrogens is 462 g/mol. The first kappa shape index (κ1) is 21.1. The maximum Gasteiger partial charge on any atom is 0.307 e. The average Bonchev–Trinajstić information content (AvgIpc) is 3.19. The minimum atomic E-state index is -0.703. The molecule has 0 saturated carbocycles. The number of carbonyl (C=O) groups is 1. The molecule has 1 aromatic heterocycles. The Kier molecular flexibility index (Phi) is 6.87. The molecule has 3 aromatic rings. The molecule has 2 atom stereocenters. The van der Waals surface area contributed by atoms with Crippen LogP contribution in [0.5, 0.6) is 5.75 Å². The molecule has 156 valence electrons. The standard InChI is InChI=1S/C24H24BrNO3S/c25-22-12-11-21(30-22)23(26-13-5-9-19(15-26)24(27)28)18-8-4-10-20(14-18)29-16-17-6-2-1-3-7-17/h1-4,6-8,10-12,14,19,23H,5,9,13,15-16H2,(H,27,28). The zero-order valence-corrected chi connectivity index (χ0v) is 18.9. The number of rotatable bonds is 7. The predicted molar refractivity (Wildman–Crippen MR) is 123 cm³/mol. The molecule has 1 fully saturated rings. The highest BCUT2D eigenvalue weighted by Crippen LogP contribution is 2.38. The van der Waals surface area contributed by atoms with Gasteiger partial charge in [0.15, 0.2) is 0 Å². The summed E-state index contributed by atoms with van der Waals surface area (Å²) in [6.45, 7) is 1.97. The zero-order valence-electron chi connectivity index (χ0n) is 16.5. The van der Waals surface area contributed by atoms with Crippen LogP contribution in [0.15, 0.2) is 70.5 Å². The Morgan fingerprint density at radius 1 is 1.17 bits per heavy atom.